The Morgan fingerprint density at radius 1 is 1.15 bits per heavy atom. The fourth-order valence-electron chi connectivity index (χ4n) is 3.08. The van der Waals surface area contributed by atoms with Gasteiger partial charge in [0, 0.05) is 7.11 Å². The predicted octanol–water partition coefficient (Wildman–Crippen LogP) is 4.24. The van der Waals surface area contributed by atoms with Crippen molar-refractivity contribution in [2.75, 3.05) is 7.11 Å². The number of pyridine rings is 1. The molecule has 2 heterocycles. The van der Waals surface area contributed by atoms with Crippen molar-refractivity contribution in [3.05, 3.63) is 59.5 Å². The Hall–Kier alpha value is -2.61. The highest BCUT2D eigenvalue weighted by Gasteiger charge is 2.31. The third kappa shape index (κ3) is 3.37. The highest BCUT2D eigenvalue weighted by molar-refractivity contribution is 5.46. The van der Waals surface area contributed by atoms with Crippen LogP contribution in [0.3, 0.4) is 0 Å². The first-order valence-electron chi connectivity index (χ1n) is 8.16. The number of hydrogen-bond acceptors (Lipinski definition) is 4. The smallest absolute Gasteiger partial charge is 0.406 e. The quantitative estimate of drug-likeness (QED) is 0.680. The van der Waals surface area contributed by atoms with Crippen LogP contribution in [0.4, 0.5) is 13.2 Å². The molecule has 3 aromatic rings. The zero-order valence-electron chi connectivity index (χ0n) is 13.9. The number of methoxy groups -OCH3 is 1. The molecule has 1 aliphatic rings. The molecule has 0 radical (unpaired) electrons. The summed E-state index contributed by atoms with van der Waals surface area (Å²) in [6, 6.07) is 9.72. The molecule has 1 aliphatic carbocycles. The SMILES string of the molecule is COC(c1ccc(OC(F)(F)F)cc1)c1cc(C2CC2)cc2ncnn12. The van der Waals surface area contributed by atoms with Crippen LogP contribution in [0.25, 0.3) is 5.65 Å². The van der Waals surface area contributed by atoms with Crippen LogP contribution in [0, 0.1) is 0 Å². The van der Waals surface area contributed by atoms with E-state index < -0.39 is 12.5 Å². The van der Waals surface area contributed by atoms with Crippen LogP contribution in [-0.2, 0) is 4.74 Å². The van der Waals surface area contributed by atoms with E-state index >= 15 is 0 Å². The highest BCUT2D eigenvalue weighted by atomic mass is 19.4. The van der Waals surface area contributed by atoms with Crippen molar-refractivity contribution in [2.45, 2.75) is 31.2 Å². The second-order valence-corrected chi connectivity index (χ2v) is 6.25. The highest BCUT2D eigenvalue weighted by Crippen LogP contribution is 2.41. The van der Waals surface area contributed by atoms with Gasteiger partial charge in [-0.3, -0.25) is 0 Å². The van der Waals surface area contributed by atoms with Gasteiger partial charge in [-0.25, -0.2) is 9.50 Å². The predicted molar refractivity (Wildman–Crippen MR) is 86.9 cm³/mol. The molecule has 1 fully saturated rings. The van der Waals surface area contributed by atoms with Crippen LogP contribution in [-0.4, -0.2) is 28.1 Å². The largest absolute Gasteiger partial charge is 0.573 e. The molecule has 0 bridgehead atoms. The van der Waals surface area contributed by atoms with E-state index in [0.29, 0.717) is 11.5 Å². The number of benzene rings is 1. The number of nitrogens with zero attached hydrogens (tertiary/aromatic N) is 3. The van der Waals surface area contributed by atoms with Gasteiger partial charge in [0.25, 0.3) is 0 Å². The monoisotopic (exact) mass is 363 g/mol. The Morgan fingerprint density at radius 2 is 1.88 bits per heavy atom. The number of aromatic nitrogens is 3. The fraction of sp³-hybridized carbons (Fsp3) is 0.333. The van der Waals surface area contributed by atoms with Crippen LogP contribution in [0.1, 0.15) is 41.7 Å². The van der Waals surface area contributed by atoms with Crippen molar-refractivity contribution in [3.8, 4) is 5.75 Å². The van der Waals surface area contributed by atoms with Crippen molar-refractivity contribution in [1.29, 1.82) is 0 Å². The van der Waals surface area contributed by atoms with E-state index in [9.17, 15) is 13.2 Å². The zero-order chi connectivity index (χ0) is 18.3. The molecular formula is C18H16F3N3O2. The minimum Gasteiger partial charge on any atom is -0.406 e. The van der Waals surface area contributed by atoms with E-state index in [1.165, 1.54) is 24.0 Å². The maximum Gasteiger partial charge on any atom is 0.573 e. The van der Waals surface area contributed by atoms with E-state index in [1.54, 1.807) is 23.8 Å². The van der Waals surface area contributed by atoms with Crippen molar-refractivity contribution < 1.29 is 22.6 Å². The van der Waals surface area contributed by atoms with Crippen LogP contribution in [0.5, 0.6) is 5.75 Å². The summed E-state index contributed by atoms with van der Waals surface area (Å²) in [7, 11) is 1.55. The molecule has 1 aromatic carbocycles. The summed E-state index contributed by atoms with van der Waals surface area (Å²) in [5.41, 5.74) is 3.39. The van der Waals surface area contributed by atoms with Crippen molar-refractivity contribution in [3.63, 3.8) is 0 Å². The summed E-state index contributed by atoms with van der Waals surface area (Å²) < 4.78 is 48.3. The van der Waals surface area contributed by atoms with E-state index in [1.807, 2.05) is 12.1 Å². The number of alkyl halides is 3. The molecule has 0 amide bonds. The van der Waals surface area contributed by atoms with Crippen LogP contribution < -0.4 is 4.74 Å². The number of halogens is 3. The van der Waals surface area contributed by atoms with Gasteiger partial charge in [0.05, 0.1) is 5.69 Å². The number of rotatable bonds is 5. The lowest BCUT2D eigenvalue weighted by molar-refractivity contribution is -0.274. The molecule has 1 atom stereocenters. The molecule has 136 valence electrons. The van der Waals surface area contributed by atoms with Gasteiger partial charge in [0.15, 0.2) is 5.65 Å². The summed E-state index contributed by atoms with van der Waals surface area (Å²) in [4.78, 5) is 4.27. The zero-order valence-corrected chi connectivity index (χ0v) is 13.9. The first-order valence-corrected chi connectivity index (χ1v) is 8.16. The van der Waals surface area contributed by atoms with Crippen molar-refractivity contribution >= 4 is 5.65 Å². The van der Waals surface area contributed by atoms with E-state index in [2.05, 4.69) is 14.8 Å². The molecule has 2 aromatic heterocycles. The first-order chi connectivity index (χ1) is 12.4. The fourth-order valence-corrected chi connectivity index (χ4v) is 3.08. The normalized spacial score (nSPS) is 16.0. The number of fused-ring (bicyclic) bond motifs is 1. The Morgan fingerprint density at radius 3 is 2.50 bits per heavy atom. The van der Waals surface area contributed by atoms with Gasteiger partial charge in [-0.1, -0.05) is 12.1 Å². The average molecular weight is 363 g/mol. The molecule has 26 heavy (non-hydrogen) atoms. The summed E-state index contributed by atoms with van der Waals surface area (Å²) in [6.45, 7) is 0. The van der Waals surface area contributed by atoms with Gasteiger partial charge >= 0.3 is 6.36 Å². The molecule has 1 saturated carbocycles. The maximum atomic E-state index is 12.3. The van der Waals surface area contributed by atoms with Gasteiger partial charge < -0.3 is 9.47 Å². The summed E-state index contributed by atoms with van der Waals surface area (Å²) in [6.07, 6.45) is -1.44. The summed E-state index contributed by atoms with van der Waals surface area (Å²) in [5, 5.41) is 4.25. The molecule has 8 heteroatoms. The molecular weight excluding hydrogens is 347 g/mol. The van der Waals surface area contributed by atoms with Gasteiger partial charge in [-0.15, -0.1) is 13.2 Å². The van der Waals surface area contributed by atoms with Crippen molar-refractivity contribution in [2.24, 2.45) is 0 Å². The molecule has 0 aliphatic heterocycles. The molecule has 0 saturated heterocycles. The van der Waals surface area contributed by atoms with Crippen LogP contribution >= 0.6 is 0 Å². The van der Waals surface area contributed by atoms with Gasteiger partial charge in [0.2, 0.25) is 0 Å². The average Bonchev–Trinajstić information content (AvgIpc) is 3.33. The lowest BCUT2D eigenvalue weighted by atomic mass is 10.0. The Bertz CT molecular complexity index is 918. The lowest BCUT2D eigenvalue weighted by Crippen LogP contribution is -2.17. The van der Waals surface area contributed by atoms with E-state index in [-0.39, 0.29) is 5.75 Å². The van der Waals surface area contributed by atoms with E-state index in [0.717, 1.165) is 24.2 Å². The van der Waals surface area contributed by atoms with E-state index in [4.69, 9.17) is 4.74 Å². The van der Waals surface area contributed by atoms with Gasteiger partial charge in [-0.2, -0.15) is 5.10 Å². The van der Waals surface area contributed by atoms with Crippen LogP contribution in [0.15, 0.2) is 42.7 Å². The third-order valence-corrected chi connectivity index (χ3v) is 4.40. The Balaban J connectivity index is 1.71. The molecule has 4 rings (SSSR count). The lowest BCUT2D eigenvalue weighted by Gasteiger charge is -2.19. The molecule has 0 spiro atoms. The minimum atomic E-state index is -4.71. The first kappa shape index (κ1) is 16.8. The molecule has 0 N–H and O–H groups in total. The minimum absolute atomic E-state index is 0.270. The van der Waals surface area contributed by atoms with Crippen LogP contribution in [0.2, 0.25) is 0 Å². The Labute approximate surface area is 147 Å². The summed E-state index contributed by atoms with van der Waals surface area (Å²) in [5.74, 6) is 0.254. The standard InChI is InChI=1S/C18H16F3N3O2/c1-25-17(12-4-6-14(7-5-12)26-18(19,20)21)15-8-13(11-2-3-11)9-16-22-10-23-24(15)16/h4-11,17H,2-3H2,1H3. The van der Waals surface area contributed by atoms with Gasteiger partial charge in [0.1, 0.15) is 18.2 Å². The second-order valence-electron chi connectivity index (χ2n) is 6.25. The summed E-state index contributed by atoms with van der Waals surface area (Å²) >= 11 is 0. The Kier molecular flexibility index (Phi) is 4.07. The molecule has 1 unspecified atom stereocenters. The number of ether oxygens (including phenoxy) is 2. The second kappa shape index (κ2) is 6.28. The van der Waals surface area contributed by atoms with Gasteiger partial charge in [-0.05, 0) is 54.2 Å². The topological polar surface area (TPSA) is 48.7 Å². The third-order valence-electron chi connectivity index (χ3n) is 4.40. The maximum absolute atomic E-state index is 12.3. The number of hydrogen-bond donors (Lipinski definition) is 0. The van der Waals surface area contributed by atoms with Crippen molar-refractivity contribution in [1.82, 2.24) is 14.6 Å². The molecule has 5 nitrogen and oxygen atoms in total.